The summed E-state index contributed by atoms with van der Waals surface area (Å²) in [6, 6.07) is 5.44. The minimum absolute atomic E-state index is 0.00364. The molecular formula is C15H13F4NO4. The number of aromatic nitrogens is 1. The predicted octanol–water partition coefficient (Wildman–Crippen LogP) is 3.18. The Labute approximate surface area is 134 Å². The largest absolute Gasteiger partial charge is 0.573 e. The first-order valence-electron chi connectivity index (χ1n) is 6.61. The Balaban J connectivity index is 2.43. The lowest BCUT2D eigenvalue weighted by Crippen LogP contribution is -2.17. The first-order chi connectivity index (χ1) is 11.3. The molecule has 0 spiro atoms. The van der Waals surface area contributed by atoms with Crippen molar-refractivity contribution >= 4 is 0 Å². The smallest absolute Gasteiger partial charge is 0.467 e. The van der Waals surface area contributed by atoms with Gasteiger partial charge in [-0.15, -0.1) is 13.2 Å². The standard InChI is InChI=1S/C15H13F4NO4/c1-22-8-23-12-5-4-9(24-15(17,18)19)7-10(12)14(21)13-11(16)3-2-6-20-13/h2-7,14,21H,8H2,1H3. The van der Waals surface area contributed by atoms with Crippen LogP contribution in [0.1, 0.15) is 17.4 Å². The van der Waals surface area contributed by atoms with E-state index in [1.807, 2.05) is 0 Å². The summed E-state index contributed by atoms with van der Waals surface area (Å²) < 4.78 is 64.6. The van der Waals surface area contributed by atoms with Crippen LogP contribution in [0.25, 0.3) is 0 Å². The molecule has 0 amide bonds. The second-order valence-corrected chi connectivity index (χ2v) is 4.57. The molecule has 0 fully saturated rings. The highest BCUT2D eigenvalue weighted by atomic mass is 19.4. The summed E-state index contributed by atoms with van der Waals surface area (Å²) in [6.45, 7) is -0.218. The number of pyridine rings is 1. The van der Waals surface area contributed by atoms with Crippen molar-refractivity contribution in [2.45, 2.75) is 12.5 Å². The minimum atomic E-state index is -4.91. The molecule has 2 rings (SSSR count). The van der Waals surface area contributed by atoms with Crippen LogP contribution in [0.15, 0.2) is 36.5 Å². The summed E-state index contributed by atoms with van der Waals surface area (Å²) in [6.07, 6.45) is -5.32. The zero-order chi connectivity index (χ0) is 17.7. The molecule has 1 aromatic carbocycles. The van der Waals surface area contributed by atoms with E-state index in [-0.39, 0.29) is 23.8 Å². The van der Waals surface area contributed by atoms with Crippen molar-refractivity contribution in [2.24, 2.45) is 0 Å². The summed E-state index contributed by atoms with van der Waals surface area (Å²) in [4.78, 5) is 3.71. The Morgan fingerprint density at radius 1 is 1.25 bits per heavy atom. The van der Waals surface area contributed by atoms with E-state index < -0.39 is 24.0 Å². The van der Waals surface area contributed by atoms with Crippen molar-refractivity contribution in [3.8, 4) is 11.5 Å². The van der Waals surface area contributed by atoms with E-state index in [2.05, 4.69) is 9.72 Å². The molecule has 1 heterocycles. The molecule has 130 valence electrons. The van der Waals surface area contributed by atoms with Gasteiger partial charge in [0.15, 0.2) is 6.79 Å². The number of rotatable bonds is 6. The topological polar surface area (TPSA) is 60.8 Å². The Hall–Kier alpha value is -2.39. The molecule has 5 nitrogen and oxygen atoms in total. The van der Waals surface area contributed by atoms with Crippen LogP contribution in [0, 0.1) is 5.82 Å². The van der Waals surface area contributed by atoms with E-state index in [1.54, 1.807) is 0 Å². The fourth-order valence-electron chi connectivity index (χ4n) is 1.94. The van der Waals surface area contributed by atoms with E-state index in [4.69, 9.17) is 9.47 Å². The summed E-state index contributed by atoms with van der Waals surface area (Å²) >= 11 is 0. The van der Waals surface area contributed by atoms with Crippen LogP contribution in [-0.4, -0.2) is 30.4 Å². The third-order valence-electron chi connectivity index (χ3n) is 2.89. The van der Waals surface area contributed by atoms with Crippen molar-refractivity contribution in [3.05, 3.63) is 53.6 Å². The normalized spacial score (nSPS) is 12.8. The van der Waals surface area contributed by atoms with Gasteiger partial charge in [0.2, 0.25) is 0 Å². The summed E-state index contributed by atoms with van der Waals surface area (Å²) in [5.74, 6) is -1.40. The van der Waals surface area contributed by atoms with Crippen LogP contribution in [-0.2, 0) is 4.74 Å². The molecule has 0 aliphatic heterocycles. The lowest BCUT2D eigenvalue weighted by Gasteiger charge is -2.18. The van der Waals surface area contributed by atoms with Gasteiger partial charge in [0.05, 0.1) is 0 Å². The van der Waals surface area contributed by atoms with Crippen molar-refractivity contribution < 1.29 is 36.9 Å². The average molecular weight is 347 g/mol. The minimum Gasteiger partial charge on any atom is -0.467 e. The van der Waals surface area contributed by atoms with Gasteiger partial charge in [-0.2, -0.15) is 0 Å². The third kappa shape index (κ3) is 4.56. The Morgan fingerprint density at radius 2 is 2.00 bits per heavy atom. The first kappa shape index (κ1) is 18.0. The molecule has 0 aliphatic carbocycles. The molecule has 1 aromatic heterocycles. The summed E-state index contributed by atoms with van der Waals surface area (Å²) in [5, 5.41) is 10.3. The van der Waals surface area contributed by atoms with Gasteiger partial charge in [-0.05, 0) is 30.3 Å². The fourth-order valence-corrected chi connectivity index (χ4v) is 1.94. The van der Waals surface area contributed by atoms with Gasteiger partial charge in [-0.3, -0.25) is 4.98 Å². The molecule has 2 aromatic rings. The van der Waals surface area contributed by atoms with Crippen LogP contribution in [0.4, 0.5) is 17.6 Å². The number of hydrogen-bond acceptors (Lipinski definition) is 5. The Morgan fingerprint density at radius 3 is 2.62 bits per heavy atom. The van der Waals surface area contributed by atoms with Gasteiger partial charge >= 0.3 is 6.36 Å². The fraction of sp³-hybridized carbons (Fsp3) is 0.267. The van der Waals surface area contributed by atoms with Crippen LogP contribution < -0.4 is 9.47 Å². The van der Waals surface area contributed by atoms with E-state index in [0.717, 1.165) is 24.3 Å². The van der Waals surface area contributed by atoms with Gasteiger partial charge in [0, 0.05) is 18.9 Å². The van der Waals surface area contributed by atoms with Crippen molar-refractivity contribution in [3.63, 3.8) is 0 Å². The van der Waals surface area contributed by atoms with E-state index in [9.17, 15) is 22.7 Å². The van der Waals surface area contributed by atoms with Crippen LogP contribution in [0.5, 0.6) is 11.5 Å². The molecule has 0 aliphatic rings. The molecule has 1 atom stereocenters. The van der Waals surface area contributed by atoms with Crippen molar-refractivity contribution in [2.75, 3.05) is 13.9 Å². The highest BCUT2D eigenvalue weighted by Crippen LogP contribution is 2.35. The second kappa shape index (κ2) is 7.45. The molecular weight excluding hydrogens is 334 g/mol. The number of halogens is 4. The molecule has 24 heavy (non-hydrogen) atoms. The lowest BCUT2D eigenvalue weighted by atomic mass is 10.0. The van der Waals surface area contributed by atoms with Gasteiger partial charge in [-0.1, -0.05) is 0 Å². The number of ether oxygens (including phenoxy) is 3. The van der Waals surface area contributed by atoms with E-state index in [0.29, 0.717) is 0 Å². The molecule has 1 unspecified atom stereocenters. The molecule has 0 saturated heterocycles. The number of nitrogens with zero attached hydrogens (tertiary/aromatic N) is 1. The maximum absolute atomic E-state index is 13.8. The number of hydrogen-bond donors (Lipinski definition) is 1. The van der Waals surface area contributed by atoms with E-state index in [1.165, 1.54) is 19.4 Å². The van der Waals surface area contributed by atoms with Gasteiger partial charge in [-0.25, -0.2) is 4.39 Å². The van der Waals surface area contributed by atoms with Crippen molar-refractivity contribution in [1.29, 1.82) is 0 Å². The molecule has 0 saturated carbocycles. The molecule has 0 radical (unpaired) electrons. The SMILES string of the molecule is COCOc1ccc(OC(F)(F)F)cc1C(O)c1ncccc1F. The maximum Gasteiger partial charge on any atom is 0.573 e. The van der Waals surface area contributed by atoms with Gasteiger partial charge in [0.1, 0.15) is 29.1 Å². The second-order valence-electron chi connectivity index (χ2n) is 4.57. The molecule has 1 N–H and O–H groups in total. The van der Waals surface area contributed by atoms with Crippen LogP contribution in [0.3, 0.4) is 0 Å². The number of methoxy groups -OCH3 is 1. The summed E-state index contributed by atoms with van der Waals surface area (Å²) in [5.41, 5.74) is -0.504. The summed E-state index contributed by atoms with van der Waals surface area (Å²) in [7, 11) is 1.34. The number of benzene rings is 1. The maximum atomic E-state index is 13.8. The van der Waals surface area contributed by atoms with Crippen molar-refractivity contribution in [1.82, 2.24) is 4.98 Å². The Kier molecular flexibility index (Phi) is 5.58. The molecule has 9 heteroatoms. The average Bonchev–Trinajstić information content (AvgIpc) is 2.52. The van der Waals surface area contributed by atoms with Gasteiger partial charge in [0.25, 0.3) is 0 Å². The molecule has 0 bridgehead atoms. The lowest BCUT2D eigenvalue weighted by molar-refractivity contribution is -0.274. The number of aliphatic hydroxyl groups is 1. The zero-order valence-corrected chi connectivity index (χ0v) is 12.4. The predicted molar refractivity (Wildman–Crippen MR) is 73.9 cm³/mol. The zero-order valence-electron chi connectivity index (χ0n) is 12.4. The quantitative estimate of drug-likeness (QED) is 0.642. The monoisotopic (exact) mass is 347 g/mol. The Bertz CT molecular complexity index is 693. The van der Waals surface area contributed by atoms with Crippen LogP contribution >= 0.6 is 0 Å². The highest BCUT2D eigenvalue weighted by Gasteiger charge is 2.32. The third-order valence-corrected chi connectivity index (χ3v) is 2.89. The highest BCUT2D eigenvalue weighted by molar-refractivity contribution is 5.44. The number of alkyl halides is 3. The first-order valence-corrected chi connectivity index (χ1v) is 6.61. The van der Waals surface area contributed by atoms with E-state index >= 15 is 0 Å². The van der Waals surface area contributed by atoms with Crippen LogP contribution in [0.2, 0.25) is 0 Å². The number of aliphatic hydroxyl groups excluding tert-OH is 1. The van der Waals surface area contributed by atoms with Gasteiger partial charge < -0.3 is 19.3 Å².